The van der Waals surface area contributed by atoms with Crippen molar-refractivity contribution in [1.82, 2.24) is 21.0 Å². The zero-order chi connectivity index (χ0) is 24.4. The van der Waals surface area contributed by atoms with E-state index in [-0.39, 0.29) is 29.4 Å². The highest BCUT2D eigenvalue weighted by Crippen LogP contribution is 2.24. The highest BCUT2D eigenvalue weighted by atomic mass is 32.1. The molecule has 9 nitrogen and oxygen atoms in total. The van der Waals surface area contributed by atoms with Gasteiger partial charge >= 0.3 is 6.09 Å². The average molecular weight is 476 g/mol. The van der Waals surface area contributed by atoms with E-state index >= 15 is 0 Å². The second-order valence-electron chi connectivity index (χ2n) is 8.63. The second kappa shape index (κ2) is 12.9. The van der Waals surface area contributed by atoms with Crippen LogP contribution in [-0.2, 0) is 16.1 Å². The number of carbonyl (C=O) groups excluding carboxylic acids is 3. The Bertz CT molecular complexity index is 917. The van der Waals surface area contributed by atoms with Crippen LogP contribution in [0.15, 0.2) is 35.7 Å². The molecular formula is C23H33N5O4S. The van der Waals surface area contributed by atoms with Crippen molar-refractivity contribution in [2.75, 3.05) is 0 Å². The molecule has 0 radical (unpaired) electrons. The van der Waals surface area contributed by atoms with Gasteiger partial charge in [-0.1, -0.05) is 58.0 Å². The van der Waals surface area contributed by atoms with E-state index in [1.807, 2.05) is 58.0 Å². The molecular weight excluding hydrogens is 442 g/mol. The molecule has 5 N–H and O–H groups in total. The van der Waals surface area contributed by atoms with Gasteiger partial charge in [-0.2, -0.15) is 0 Å². The fourth-order valence-corrected chi connectivity index (χ4v) is 3.99. The van der Waals surface area contributed by atoms with Crippen molar-refractivity contribution in [3.63, 3.8) is 0 Å². The summed E-state index contributed by atoms with van der Waals surface area (Å²) in [7, 11) is 0. The third kappa shape index (κ3) is 8.82. The number of rotatable bonds is 11. The maximum Gasteiger partial charge on any atom is 0.408 e. The second-order valence-corrected chi connectivity index (χ2v) is 9.49. The van der Waals surface area contributed by atoms with Crippen LogP contribution in [0.5, 0.6) is 0 Å². The summed E-state index contributed by atoms with van der Waals surface area (Å²) in [5.41, 5.74) is 3.50. The Morgan fingerprint density at radius 1 is 1.03 bits per heavy atom. The first-order chi connectivity index (χ1) is 15.7. The number of ether oxygens (including phenoxy) is 1. The molecule has 1 aromatic heterocycles. The number of hydrogen-bond acceptors (Lipinski definition) is 7. The Labute approximate surface area is 198 Å². The Balaban J connectivity index is 2.08. The largest absolute Gasteiger partial charge is 0.445 e. The van der Waals surface area contributed by atoms with Gasteiger partial charge in [0.05, 0.1) is 11.7 Å². The summed E-state index contributed by atoms with van der Waals surface area (Å²) >= 11 is 1.15. The van der Waals surface area contributed by atoms with Crippen LogP contribution in [0.2, 0.25) is 0 Å². The van der Waals surface area contributed by atoms with Crippen LogP contribution in [0.1, 0.15) is 67.6 Å². The average Bonchev–Trinajstić information content (AvgIpc) is 3.26. The van der Waals surface area contributed by atoms with Crippen molar-refractivity contribution in [1.29, 1.82) is 0 Å². The molecule has 0 fully saturated rings. The van der Waals surface area contributed by atoms with Crippen molar-refractivity contribution in [3.05, 3.63) is 52.0 Å². The summed E-state index contributed by atoms with van der Waals surface area (Å²) in [4.78, 5) is 41.6. The number of hydrazine groups is 1. The highest BCUT2D eigenvalue weighted by Gasteiger charge is 2.27. The molecule has 0 saturated heterocycles. The van der Waals surface area contributed by atoms with E-state index < -0.39 is 24.1 Å². The van der Waals surface area contributed by atoms with Crippen LogP contribution in [-0.4, -0.2) is 28.9 Å². The SMILES string of the molecule is CC(C)C[C@H](NC(=O)OCc1ccccc1)C(=O)N[C@@H](CC(C)C)c1csc(C(=O)NN)n1. The predicted octanol–water partition coefficient (Wildman–Crippen LogP) is 3.29. The lowest BCUT2D eigenvalue weighted by molar-refractivity contribution is -0.124. The van der Waals surface area contributed by atoms with Gasteiger partial charge in [0.15, 0.2) is 5.01 Å². The van der Waals surface area contributed by atoms with Crippen LogP contribution in [0.25, 0.3) is 0 Å². The van der Waals surface area contributed by atoms with Crippen LogP contribution >= 0.6 is 11.3 Å². The van der Waals surface area contributed by atoms with Crippen LogP contribution in [0.4, 0.5) is 4.79 Å². The molecule has 0 unspecified atom stereocenters. The van der Waals surface area contributed by atoms with Crippen molar-refractivity contribution in [2.45, 2.75) is 59.2 Å². The topological polar surface area (TPSA) is 135 Å². The number of amides is 3. The fourth-order valence-electron chi connectivity index (χ4n) is 3.22. The minimum Gasteiger partial charge on any atom is -0.445 e. The van der Waals surface area contributed by atoms with Crippen molar-refractivity contribution in [2.24, 2.45) is 17.7 Å². The molecule has 0 aliphatic carbocycles. The van der Waals surface area contributed by atoms with Crippen LogP contribution < -0.4 is 21.9 Å². The number of carbonyl (C=O) groups is 3. The summed E-state index contributed by atoms with van der Waals surface area (Å²) in [5, 5.41) is 7.63. The molecule has 3 amide bonds. The third-order valence-electron chi connectivity index (χ3n) is 4.76. The number of benzene rings is 1. The van der Waals surface area contributed by atoms with Gasteiger partial charge in [0.2, 0.25) is 5.91 Å². The molecule has 180 valence electrons. The van der Waals surface area contributed by atoms with Gasteiger partial charge in [0.1, 0.15) is 12.6 Å². The lowest BCUT2D eigenvalue weighted by atomic mass is 9.99. The summed E-state index contributed by atoms with van der Waals surface area (Å²) in [6.45, 7) is 8.12. The molecule has 1 heterocycles. The molecule has 2 aromatic rings. The molecule has 2 atom stereocenters. The molecule has 2 rings (SSSR count). The van der Waals surface area contributed by atoms with Gasteiger partial charge in [-0.25, -0.2) is 15.6 Å². The zero-order valence-corrected chi connectivity index (χ0v) is 20.3. The number of hydrogen-bond donors (Lipinski definition) is 4. The molecule has 0 aliphatic rings. The number of thiazole rings is 1. The molecule has 0 aliphatic heterocycles. The normalized spacial score (nSPS) is 12.8. The summed E-state index contributed by atoms with van der Waals surface area (Å²) in [5.74, 6) is 4.80. The van der Waals surface area contributed by atoms with E-state index in [2.05, 4.69) is 21.0 Å². The number of nitrogens with one attached hydrogen (secondary N) is 3. The van der Waals surface area contributed by atoms with Crippen molar-refractivity contribution >= 4 is 29.2 Å². The van der Waals surface area contributed by atoms with Gasteiger partial charge < -0.3 is 15.4 Å². The van der Waals surface area contributed by atoms with E-state index in [1.54, 1.807) is 5.38 Å². The molecule has 0 bridgehead atoms. The summed E-state index contributed by atoms with van der Waals surface area (Å²) in [6, 6.07) is 8.14. The monoisotopic (exact) mass is 475 g/mol. The van der Waals surface area contributed by atoms with Crippen LogP contribution in [0, 0.1) is 11.8 Å². The molecule has 33 heavy (non-hydrogen) atoms. The number of alkyl carbamates (subject to hydrolysis) is 1. The first-order valence-corrected chi connectivity index (χ1v) is 11.8. The lowest BCUT2D eigenvalue weighted by Gasteiger charge is -2.24. The van der Waals surface area contributed by atoms with E-state index in [1.165, 1.54) is 0 Å². The Morgan fingerprint density at radius 3 is 2.30 bits per heavy atom. The number of nitrogen functional groups attached to an aromatic ring is 1. The standard InChI is InChI=1S/C23H33N5O4S/c1-14(2)10-17(19-13-33-22(26-19)21(30)28-24)25-20(29)18(11-15(3)4)27-23(31)32-12-16-8-6-5-7-9-16/h5-9,13-15,17-18H,10-12,24H2,1-4H3,(H,25,29)(H,27,31)(H,28,30)/t17-,18-/m0/s1. The quantitative estimate of drug-likeness (QED) is 0.224. The van der Waals surface area contributed by atoms with E-state index in [4.69, 9.17) is 10.6 Å². The van der Waals surface area contributed by atoms with Crippen LogP contribution in [0.3, 0.4) is 0 Å². The minimum absolute atomic E-state index is 0.115. The number of nitrogens with two attached hydrogens (primary N) is 1. The summed E-state index contributed by atoms with van der Waals surface area (Å²) < 4.78 is 5.29. The highest BCUT2D eigenvalue weighted by molar-refractivity contribution is 7.11. The van der Waals surface area contributed by atoms with Gasteiger partial charge in [-0.05, 0) is 30.2 Å². The first-order valence-electron chi connectivity index (χ1n) is 10.9. The van der Waals surface area contributed by atoms with Crippen molar-refractivity contribution in [3.8, 4) is 0 Å². The summed E-state index contributed by atoms with van der Waals surface area (Å²) in [6.07, 6.45) is 0.403. The molecule has 1 aromatic carbocycles. The van der Waals surface area contributed by atoms with Gasteiger partial charge in [0.25, 0.3) is 5.91 Å². The maximum atomic E-state index is 13.1. The van der Waals surface area contributed by atoms with Gasteiger partial charge in [-0.15, -0.1) is 11.3 Å². The maximum absolute atomic E-state index is 13.1. The first kappa shape index (κ1) is 26.3. The fraction of sp³-hybridized carbons (Fsp3) is 0.478. The number of nitrogens with zero attached hydrogens (tertiary/aromatic N) is 1. The third-order valence-corrected chi connectivity index (χ3v) is 5.62. The van der Waals surface area contributed by atoms with E-state index in [0.29, 0.717) is 18.5 Å². The van der Waals surface area contributed by atoms with Crippen molar-refractivity contribution < 1.29 is 19.1 Å². The predicted molar refractivity (Wildman–Crippen MR) is 127 cm³/mol. The Hall–Kier alpha value is -2.98. The molecule has 0 spiro atoms. The van der Waals surface area contributed by atoms with Gasteiger partial charge in [0, 0.05) is 5.38 Å². The van der Waals surface area contributed by atoms with E-state index in [0.717, 1.165) is 16.9 Å². The Morgan fingerprint density at radius 2 is 1.70 bits per heavy atom. The zero-order valence-electron chi connectivity index (χ0n) is 19.5. The smallest absolute Gasteiger partial charge is 0.408 e. The minimum atomic E-state index is -0.770. The molecule has 0 saturated carbocycles. The van der Waals surface area contributed by atoms with E-state index in [9.17, 15) is 14.4 Å². The Kier molecular flexibility index (Phi) is 10.3. The van der Waals surface area contributed by atoms with Gasteiger partial charge in [-0.3, -0.25) is 15.0 Å². The number of aromatic nitrogens is 1. The molecule has 10 heteroatoms. The lowest BCUT2D eigenvalue weighted by Crippen LogP contribution is -2.48.